The number of nitrogens with zero attached hydrogens (tertiary/aromatic N) is 4. The first kappa shape index (κ1) is 28.4. The molecule has 12 heteroatoms. The van der Waals surface area contributed by atoms with Crippen LogP contribution in [0.25, 0.3) is 11.3 Å². The summed E-state index contributed by atoms with van der Waals surface area (Å²) in [5, 5.41) is 13.1. The zero-order chi connectivity index (χ0) is 27.7. The number of anilines is 3. The SMILES string of the molecule is CCCNc1nc(Nc2cccc(F)c2)ncc1-c1cc(CCNC(=O)CN(C)C(=O)OC(C)(C)C)no1. The Hall–Kier alpha value is -4.22. The maximum absolute atomic E-state index is 13.5. The number of aromatic nitrogens is 3. The number of amides is 2. The van der Waals surface area contributed by atoms with E-state index in [1.54, 1.807) is 45.2 Å². The lowest BCUT2D eigenvalue weighted by Crippen LogP contribution is -2.41. The maximum Gasteiger partial charge on any atom is 0.410 e. The van der Waals surface area contributed by atoms with E-state index in [1.807, 2.05) is 6.92 Å². The Morgan fingerprint density at radius 2 is 1.97 bits per heavy atom. The molecule has 0 radical (unpaired) electrons. The molecular formula is C26H34FN7O4. The molecule has 0 saturated heterocycles. The van der Waals surface area contributed by atoms with Gasteiger partial charge in [0.2, 0.25) is 11.9 Å². The van der Waals surface area contributed by atoms with Crippen LogP contribution in [0.2, 0.25) is 0 Å². The van der Waals surface area contributed by atoms with Crippen LogP contribution < -0.4 is 16.0 Å². The molecule has 0 atom stereocenters. The number of hydrogen-bond donors (Lipinski definition) is 3. The molecule has 3 N–H and O–H groups in total. The monoisotopic (exact) mass is 527 g/mol. The largest absolute Gasteiger partial charge is 0.444 e. The van der Waals surface area contributed by atoms with Crippen LogP contribution in [0.3, 0.4) is 0 Å². The minimum absolute atomic E-state index is 0.126. The lowest BCUT2D eigenvalue weighted by Gasteiger charge is -2.24. The molecule has 0 fully saturated rings. The quantitative estimate of drug-likeness (QED) is 0.332. The van der Waals surface area contributed by atoms with Gasteiger partial charge >= 0.3 is 6.09 Å². The summed E-state index contributed by atoms with van der Waals surface area (Å²) >= 11 is 0. The molecule has 0 aliphatic heterocycles. The van der Waals surface area contributed by atoms with Crippen LogP contribution in [0.5, 0.6) is 0 Å². The summed E-state index contributed by atoms with van der Waals surface area (Å²) in [5.74, 6) is 0.630. The summed E-state index contributed by atoms with van der Waals surface area (Å²) in [7, 11) is 1.50. The number of halogens is 1. The number of hydrogen-bond acceptors (Lipinski definition) is 9. The molecule has 2 aromatic heterocycles. The van der Waals surface area contributed by atoms with Crippen molar-refractivity contribution in [1.82, 2.24) is 25.3 Å². The molecule has 3 rings (SSSR count). The molecule has 0 aliphatic carbocycles. The molecule has 0 spiro atoms. The van der Waals surface area contributed by atoms with E-state index in [-0.39, 0.29) is 18.3 Å². The zero-order valence-electron chi connectivity index (χ0n) is 22.3. The number of ether oxygens (including phenoxy) is 1. The van der Waals surface area contributed by atoms with E-state index in [1.165, 1.54) is 24.1 Å². The van der Waals surface area contributed by atoms with Crippen LogP contribution in [-0.2, 0) is 16.0 Å². The predicted molar refractivity (Wildman–Crippen MR) is 142 cm³/mol. The van der Waals surface area contributed by atoms with Crippen LogP contribution >= 0.6 is 0 Å². The van der Waals surface area contributed by atoms with E-state index in [2.05, 4.69) is 31.1 Å². The molecule has 1 aromatic carbocycles. The highest BCUT2D eigenvalue weighted by Crippen LogP contribution is 2.28. The van der Waals surface area contributed by atoms with Gasteiger partial charge in [-0.3, -0.25) is 4.79 Å². The second-order valence-electron chi connectivity index (χ2n) is 9.64. The van der Waals surface area contributed by atoms with E-state index in [0.717, 1.165) is 6.42 Å². The van der Waals surface area contributed by atoms with Gasteiger partial charge in [-0.2, -0.15) is 4.98 Å². The summed E-state index contributed by atoms with van der Waals surface area (Å²) in [6, 6.07) is 7.79. The van der Waals surface area contributed by atoms with Gasteiger partial charge in [0.15, 0.2) is 5.76 Å². The molecule has 2 amide bonds. The average molecular weight is 528 g/mol. The van der Waals surface area contributed by atoms with Gasteiger partial charge in [-0.15, -0.1) is 0 Å². The number of carbonyl (C=O) groups is 2. The lowest BCUT2D eigenvalue weighted by molar-refractivity contribution is -0.121. The Morgan fingerprint density at radius 1 is 1.18 bits per heavy atom. The molecular weight excluding hydrogens is 493 g/mol. The van der Waals surface area contributed by atoms with Crippen molar-refractivity contribution in [2.75, 3.05) is 37.3 Å². The van der Waals surface area contributed by atoms with E-state index in [4.69, 9.17) is 9.26 Å². The maximum atomic E-state index is 13.5. The molecule has 0 bridgehead atoms. The van der Waals surface area contributed by atoms with E-state index in [0.29, 0.717) is 54.0 Å². The minimum atomic E-state index is -0.637. The highest BCUT2D eigenvalue weighted by atomic mass is 19.1. The molecule has 3 aromatic rings. The van der Waals surface area contributed by atoms with Crippen molar-refractivity contribution in [2.45, 2.75) is 46.1 Å². The van der Waals surface area contributed by atoms with Crippen LogP contribution in [-0.4, -0.2) is 64.3 Å². The van der Waals surface area contributed by atoms with E-state index in [9.17, 15) is 14.0 Å². The fraction of sp³-hybridized carbons (Fsp3) is 0.423. The lowest BCUT2D eigenvalue weighted by atomic mass is 10.2. The highest BCUT2D eigenvalue weighted by molar-refractivity contribution is 5.82. The molecule has 11 nitrogen and oxygen atoms in total. The van der Waals surface area contributed by atoms with Gasteiger partial charge in [0.1, 0.15) is 23.8 Å². The van der Waals surface area contributed by atoms with Gasteiger partial charge < -0.3 is 30.1 Å². The van der Waals surface area contributed by atoms with E-state index < -0.39 is 11.7 Å². The second-order valence-corrected chi connectivity index (χ2v) is 9.64. The summed E-state index contributed by atoms with van der Waals surface area (Å²) in [5.41, 5.74) is 1.14. The smallest absolute Gasteiger partial charge is 0.410 e. The highest BCUT2D eigenvalue weighted by Gasteiger charge is 2.21. The topological polar surface area (TPSA) is 135 Å². The van der Waals surface area contributed by atoms with Gasteiger partial charge in [-0.05, 0) is 45.4 Å². The third-order valence-electron chi connectivity index (χ3n) is 5.03. The molecule has 204 valence electrons. The minimum Gasteiger partial charge on any atom is -0.444 e. The molecule has 2 heterocycles. The van der Waals surface area contributed by atoms with Crippen molar-refractivity contribution in [3.05, 3.63) is 48.0 Å². The molecule has 0 unspecified atom stereocenters. The summed E-state index contributed by atoms with van der Waals surface area (Å²) in [6.07, 6.45) is 2.33. The van der Waals surface area contributed by atoms with Gasteiger partial charge in [0.25, 0.3) is 0 Å². The standard InChI is InChI=1S/C26H34FN7O4/c1-6-11-29-23-20(15-30-24(32-23)31-18-9-7-8-17(27)13-18)21-14-19(33-38-21)10-12-28-22(35)16-34(5)25(36)37-26(2,3)4/h7-9,13-15H,6,10-12,16H2,1-5H3,(H,28,35)(H2,29,30,31,32). The van der Waals surface area contributed by atoms with Crippen molar-refractivity contribution in [1.29, 1.82) is 0 Å². The number of rotatable bonds is 11. The summed E-state index contributed by atoms with van der Waals surface area (Å²) < 4.78 is 24.3. The molecule has 38 heavy (non-hydrogen) atoms. The average Bonchev–Trinajstić information content (AvgIpc) is 3.30. The Balaban J connectivity index is 1.60. The first-order valence-electron chi connectivity index (χ1n) is 12.3. The summed E-state index contributed by atoms with van der Waals surface area (Å²) in [6.45, 7) is 8.17. The Morgan fingerprint density at radius 3 is 2.68 bits per heavy atom. The fourth-order valence-corrected chi connectivity index (χ4v) is 3.26. The van der Waals surface area contributed by atoms with Crippen LogP contribution in [0, 0.1) is 5.82 Å². The van der Waals surface area contributed by atoms with Gasteiger partial charge in [-0.1, -0.05) is 18.1 Å². The number of carbonyl (C=O) groups excluding carboxylic acids is 2. The van der Waals surface area contributed by atoms with E-state index >= 15 is 0 Å². The van der Waals surface area contributed by atoms with Crippen molar-refractivity contribution >= 4 is 29.5 Å². The van der Waals surface area contributed by atoms with Gasteiger partial charge in [0, 0.05) is 44.5 Å². The first-order chi connectivity index (χ1) is 18.0. The second kappa shape index (κ2) is 12.8. The molecule has 0 aliphatic rings. The molecule has 0 saturated carbocycles. The van der Waals surface area contributed by atoms with Crippen LogP contribution in [0.4, 0.5) is 26.6 Å². The normalized spacial score (nSPS) is 11.1. The van der Waals surface area contributed by atoms with Gasteiger partial charge in [-0.25, -0.2) is 14.2 Å². The Labute approximate surface area is 221 Å². The van der Waals surface area contributed by atoms with Crippen molar-refractivity contribution in [3.63, 3.8) is 0 Å². The third-order valence-corrected chi connectivity index (χ3v) is 5.03. The fourth-order valence-electron chi connectivity index (χ4n) is 3.26. The Kier molecular flexibility index (Phi) is 9.58. The number of nitrogens with one attached hydrogen (secondary N) is 3. The van der Waals surface area contributed by atoms with Crippen molar-refractivity contribution in [2.24, 2.45) is 0 Å². The Bertz CT molecular complexity index is 1240. The first-order valence-corrected chi connectivity index (χ1v) is 12.3. The van der Waals surface area contributed by atoms with Crippen molar-refractivity contribution < 1.29 is 23.2 Å². The zero-order valence-corrected chi connectivity index (χ0v) is 22.3. The number of likely N-dealkylation sites (N-methyl/N-ethyl adjacent to an activating group) is 1. The predicted octanol–water partition coefficient (Wildman–Crippen LogP) is 4.36. The van der Waals surface area contributed by atoms with Crippen LogP contribution in [0.1, 0.15) is 39.8 Å². The van der Waals surface area contributed by atoms with Crippen LogP contribution in [0.15, 0.2) is 41.1 Å². The summed E-state index contributed by atoms with van der Waals surface area (Å²) in [4.78, 5) is 34.3. The number of benzene rings is 1. The third kappa shape index (κ3) is 8.71. The van der Waals surface area contributed by atoms with Crippen molar-refractivity contribution in [3.8, 4) is 11.3 Å². The van der Waals surface area contributed by atoms with Gasteiger partial charge in [0.05, 0.1) is 11.3 Å².